The van der Waals surface area contributed by atoms with Crippen LogP contribution in [0.4, 0.5) is 10.2 Å². The summed E-state index contributed by atoms with van der Waals surface area (Å²) in [5, 5.41) is 9.13. The molecule has 0 saturated carbocycles. The monoisotopic (exact) mass is 265 g/mol. The molecule has 4 nitrogen and oxygen atoms in total. The molecule has 2 aliphatic heterocycles. The fourth-order valence-corrected chi connectivity index (χ4v) is 3.16. The van der Waals surface area contributed by atoms with Gasteiger partial charge >= 0.3 is 0 Å². The lowest BCUT2D eigenvalue weighted by atomic mass is 9.99. The van der Waals surface area contributed by atoms with E-state index in [9.17, 15) is 4.39 Å². The summed E-state index contributed by atoms with van der Waals surface area (Å²) in [4.78, 5) is 8.71. The van der Waals surface area contributed by atoms with E-state index >= 15 is 0 Å². The van der Waals surface area contributed by atoms with Crippen molar-refractivity contribution >= 4 is 5.82 Å². The maximum atomic E-state index is 14.2. The molecule has 0 bridgehead atoms. The number of piperazine rings is 1. The van der Waals surface area contributed by atoms with Crippen molar-refractivity contribution in [3.05, 3.63) is 23.6 Å². The number of rotatable bonds is 2. The summed E-state index contributed by atoms with van der Waals surface area (Å²) in [7, 11) is 0. The summed E-state index contributed by atoms with van der Waals surface area (Å²) >= 11 is 0. The van der Waals surface area contributed by atoms with E-state index in [-0.39, 0.29) is 12.4 Å². The van der Waals surface area contributed by atoms with Gasteiger partial charge in [-0.15, -0.1) is 0 Å². The Morgan fingerprint density at radius 3 is 3.05 bits per heavy atom. The van der Waals surface area contributed by atoms with Gasteiger partial charge in [-0.25, -0.2) is 9.37 Å². The normalized spacial score (nSPS) is 24.3. The van der Waals surface area contributed by atoms with Crippen LogP contribution in [-0.4, -0.2) is 47.2 Å². The quantitative estimate of drug-likeness (QED) is 0.877. The molecule has 0 spiro atoms. The third-order valence-corrected chi connectivity index (χ3v) is 4.26. The van der Waals surface area contributed by atoms with E-state index in [4.69, 9.17) is 5.11 Å². The lowest BCUT2D eigenvalue weighted by Gasteiger charge is -2.44. The molecule has 1 unspecified atom stereocenters. The molecule has 3 rings (SSSR count). The van der Waals surface area contributed by atoms with Crippen LogP contribution in [0.3, 0.4) is 0 Å². The zero-order chi connectivity index (χ0) is 13.2. The maximum absolute atomic E-state index is 14.2. The highest BCUT2D eigenvalue weighted by Gasteiger charge is 2.30. The van der Waals surface area contributed by atoms with Crippen LogP contribution in [0.2, 0.25) is 0 Å². The summed E-state index contributed by atoms with van der Waals surface area (Å²) in [6.07, 6.45) is 5.32. The lowest BCUT2D eigenvalue weighted by molar-refractivity contribution is 0.132. The molecule has 1 atom stereocenters. The zero-order valence-electron chi connectivity index (χ0n) is 11.1. The number of aliphatic hydroxyl groups excluding tert-OH is 1. The molecule has 0 radical (unpaired) electrons. The number of pyridine rings is 1. The molecular weight excluding hydrogens is 245 g/mol. The Bertz CT molecular complexity index is 454. The SMILES string of the molecule is OCc1ccnc(N2CCN3CCCCC3C2)c1F. The fraction of sp³-hybridized carbons (Fsp3) is 0.643. The molecule has 0 amide bonds. The topological polar surface area (TPSA) is 39.6 Å². The number of nitrogens with zero attached hydrogens (tertiary/aromatic N) is 3. The van der Waals surface area contributed by atoms with Crippen LogP contribution in [0.1, 0.15) is 24.8 Å². The third-order valence-electron chi connectivity index (χ3n) is 4.26. The van der Waals surface area contributed by atoms with Gasteiger partial charge in [-0.3, -0.25) is 4.90 Å². The number of hydrogen-bond donors (Lipinski definition) is 1. The van der Waals surface area contributed by atoms with E-state index in [0.29, 0.717) is 17.4 Å². The van der Waals surface area contributed by atoms with Gasteiger partial charge in [-0.2, -0.15) is 0 Å². The zero-order valence-corrected chi connectivity index (χ0v) is 11.1. The number of piperidine rings is 1. The molecule has 5 heteroatoms. The molecule has 2 fully saturated rings. The van der Waals surface area contributed by atoms with Gasteiger partial charge in [0.25, 0.3) is 0 Å². The number of halogens is 1. The van der Waals surface area contributed by atoms with Gasteiger partial charge in [0.15, 0.2) is 11.6 Å². The van der Waals surface area contributed by atoms with Crippen LogP contribution in [-0.2, 0) is 6.61 Å². The lowest BCUT2D eigenvalue weighted by Crippen LogP contribution is -2.55. The van der Waals surface area contributed by atoms with Crippen molar-refractivity contribution in [2.24, 2.45) is 0 Å². The van der Waals surface area contributed by atoms with Crippen LogP contribution in [0, 0.1) is 5.82 Å². The molecule has 1 N–H and O–H groups in total. The highest BCUT2D eigenvalue weighted by Crippen LogP contribution is 2.26. The summed E-state index contributed by atoms with van der Waals surface area (Å²) in [6, 6.07) is 2.07. The third kappa shape index (κ3) is 2.44. The average Bonchev–Trinajstić information content (AvgIpc) is 2.47. The Morgan fingerprint density at radius 1 is 1.32 bits per heavy atom. The van der Waals surface area contributed by atoms with Crippen LogP contribution in [0.15, 0.2) is 12.3 Å². The number of hydrogen-bond acceptors (Lipinski definition) is 4. The molecule has 1 aromatic heterocycles. The highest BCUT2D eigenvalue weighted by molar-refractivity contribution is 5.43. The second kappa shape index (κ2) is 5.43. The van der Waals surface area contributed by atoms with Crippen molar-refractivity contribution in [1.82, 2.24) is 9.88 Å². The Hall–Kier alpha value is -1.20. The largest absolute Gasteiger partial charge is 0.392 e. The molecule has 0 aliphatic carbocycles. The highest BCUT2D eigenvalue weighted by atomic mass is 19.1. The summed E-state index contributed by atoms with van der Waals surface area (Å²) in [5.74, 6) is 0.0334. The minimum absolute atomic E-state index is 0.273. The first-order chi connectivity index (χ1) is 9.29. The van der Waals surface area contributed by atoms with Crippen LogP contribution < -0.4 is 4.90 Å². The van der Waals surface area contributed by atoms with Crippen LogP contribution >= 0.6 is 0 Å². The first kappa shape index (κ1) is 12.8. The Kier molecular flexibility index (Phi) is 3.66. The van der Waals surface area contributed by atoms with Crippen molar-refractivity contribution in [2.75, 3.05) is 31.1 Å². The second-order valence-electron chi connectivity index (χ2n) is 5.40. The van der Waals surface area contributed by atoms with E-state index < -0.39 is 0 Å². The first-order valence-electron chi connectivity index (χ1n) is 7.03. The summed E-state index contributed by atoms with van der Waals surface area (Å²) < 4.78 is 14.2. The van der Waals surface area contributed by atoms with Crippen molar-refractivity contribution in [2.45, 2.75) is 31.9 Å². The van der Waals surface area contributed by atoms with Crippen molar-refractivity contribution in [3.63, 3.8) is 0 Å². The molecule has 0 aromatic carbocycles. The van der Waals surface area contributed by atoms with Gasteiger partial charge in [0.2, 0.25) is 0 Å². The Morgan fingerprint density at radius 2 is 2.21 bits per heavy atom. The molecule has 2 aliphatic rings. The van der Waals surface area contributed by atoms with Gasteiger partial charge in [-0.05, 0) is 25.5 Å². The van der Waals surface area contributed by atoms with Crippen molar-refractivity contribution < 1.29 is 9.50 Å². The smallest absolute Gasteiger partial charge is 0.171 e. The molecule has 104 valence electrons. The number of aliphatic hydroxyl groups is 1. The Balaban J connectivity index is 1.79. The van der Waals surface area contributed by atoms with Gasteiger partial charge in [0.05, 0.1) is 6.61 Å². The molecular formula is C14H20FN3O. The number of anilines is 1. The fourth-order valence-electron chi connectivity index (χ4n) is 3.16. The summed E-state index contributed by atoms with van der Waals surface area (Å²) in [5.41, 5.74) is 0.330. The van der Waals surface area contributed by atoms with Gasteiger partial charge < -0.3 is 10.0 Å². The number of fused-ring (bicyclic) bond motifs is 1. The molecule has 2 saturated heterocycles. The first-order valence-corrected chi connectivity index (χ1v) is 7.03. The predicted molar refractivity (Wildman–Crippen MR) is 71.5 cm³/mol. The molecule has 3 heterocycles. The van der Waals surface area contributed by atoms with Gasteiger partial charge in [0, 0.05) is 37.4 Å². The van der Waals surface area contributed by atoms with Gasteiger partial charge in [-0.1, -0.05) is 6.42 Å². The molecule has 1 aromatic rings. The van der Waals surface area contributed by atoms with E-state index in [0.717, 1.165) is 19.6 Å². The average molecular weight is 265 g/mol. The predicted octanol–water partition coefficient (Wildman–Crippen LogP) is 1.39. The summed E-state index contributed by atoms with van der Waals surface area (Å²) in [6.45, 7) is 3.54. The van der Waals surface area contributed by atoms with E-state index in [1.807, 2.05) is 4.90 Å². The van der Waals surface area contributed by atoms with Crippen LogP contribution in [0.25, 0.3) is 0 Å². The number of aromatic nitrogens is 1. The van der Waals surface area contributed by atoms with E-state index in [1.165, 1.54) is 31.9 Å². The maximum Gasteiger partial charge on any atom is 0.171 e. The van der Waals surface area contributed by atoms with E-state index in [1.54, 1.807) is 6.20 Å². The standard InChI is InChI=1S/C14H20FN3O/c15-13-11(10-19)4-5-16-14(13)18-8-7-17-6-2-1-3-12(17)9-18/h4-5,12,19H,1-3,6-10H2. The minimum Gasteiger partial charge on any atom is -0.392 e. The van der Waals surface area contributed by atoms with Crippen molar-refractivity contribution in [1.29, 1.82) is 0 Å². The Labute approximate surface area is 112 Å². The molecule has 19 heavy (non-hydrogen) atoms. The van der Waals surface area contributed by atoms with Crippen molar-refractivity contribution in [3.8, 4) is 0 Å². The van der Waals surface area contributed by atoms with E-state index in [2.05, 4.69) is 9.88 Å². The second-order valence-corrected chi connectivity index (χ2v) is 5.40. The minimum atomic E-state index is -0.366. The van der Waals surface area contributed by atoms with Crippen LogP contribution in [0.5, 0.6) is 0 Å². The van der Waals surface area contributed by atoms with Gasteiger partial charge in [0.1, 0.15) is 0 Å².